The molecule has 2 aliphatic heterocycles. The van der Waals surface area contributed by atoms with Gasteiger partial charge in [-0.2, -0.15) is 0 Å². The van der Waals surface area contributed by atoms with Crippen LogP contribution in [0.5, 0.6) is 0 Å². The molecule has 100 valence electrons. The van der Waals surface area contributed by atoms with E-state index in [1.807, 2.05) is 37.3 Å². The average molecular weight is 258 g/mol. The Bertz CT molecular complexity index is 500. The van der Waals surface area contributed by atoms with Crippen LogP contribution in [0.3, 0.4) is 0 Å². The Balaban J connectivity index is 1.97. The van der Waals surface area contributed by atoms with Gasteiger partial charge in [-0.15, -0.1) is 0 Å². The molecule has 2 fully saturated rings. The van der Waals surface area contributed by atoms with Crippen LogP contribution < -0.4 is 4.90 Å². The van der Waals surface area contributed by atoms with Gasteiger partial charge in [-0.05, 0) is 38.3 Å². The van der Waals surface area contributed by atoms with E-state index in [1.165, 1.54) is 0 Å². The number of benzene rings is 1. The summed E-state index contributed by atoms with van der Waals surface area (Å²) in [4.78, 5) is 28.5. The summed E-state index contributed by atoms with van der Waals surface area (Å²) in [5.41, 5.74) is 0.818. The summed E-state index contributed by atoms with van der Waals surface area (Å²) in [6, 6.07) is 8.83. The molecule has 1 aromatic carbocycles. The lowest BCUT2D eigenvalue weighted by atomic mass is 9.95. The lowest BCUT2D eigenvalue weighted by molar-refractivity contribution is -0.147. The monoisotopic (exact) mass is 258 g/mol. The summed E-state index contributed by atoms with van der Waals surface area (Å²) < 4.78 is 0. The van der Waals surface area contributed by atoms with Crippen molar-refractivity contribution >= 4 is 17.5 Å². The molecular formula is C15H18N2O2. The number of nitrogens with zero attached hydrogens (tertiary/aromatic N) is 2. The second-order valence-corrected chi connectivity index (χ2v) is 5.26. The third-order valence-electron chi connectivity index (χ3n) is 4.09. The Labute approximate surface area is 113 Å². The molecule has 2 aliphatic rings. The van der Waals surface area contributed by atoms with Crippen molar-refractivity contribution in [2.24, 2.45) is 0 Å². The maximum Gasteiger partial charge on any atom is 0.250 e. The number of fused-ring (bicyclic) bond motifs is 1. The highest BCUT2D eigenvalue weighted by molar-refractivity contribution is 6.08. The topological polar surface area (TPSA) is 40.6 Å². The zero-order valence-corrected chi connectivity index (χ0v) is 11.1. The normalized spacial score (nSPS) is 27.4. The maximum absolute atomic E-state index is 12.6. The van der Waals surface area contributed by atoms with Crippen molar-refractivity contribution in [1.29, 1.82) is 0 Å². The number of hydrogen-bond acceptors (Lipinski definition) is 2. The predicted molar refractivity (Wildman–Crippen MR) is 72.7 cm³/mol. The minimum atomic E-state index is -0.399. The molecular weight excluding hydrogens is 240 g/mol. The van der Waals surface area contributed by atoms with Crippen LogP contribution in [0.2, 0.25) is 0 Å². The Morgan fingerprint density at radius 1 is 1.05 bits per heavy atom. The fourth-order valence-electron chi connectivity index (χ4n) is 3.09. The van der Waals surface area contributed by atoms with Gasteiger partial charge in [0.1, 0.15) is 12.1 Å². The highest BCUT2D eigenvalue weighted by Crippen LogP contribution is 2.29. The third-order valence-corrected chi connectivity index (χ3v) is 4.09. The smallest absolute Gasteiger partial charge is 0.250 e. The largest absolute Gasteiger partial charge is 0.329 e. The lowest BCUT2D eigenvalue weighted by Gasteiger charge is -2.46. The first kappa shape index (κ1) is 12.2. The van der Waals surface area contributed by atoms with E-state index >= 15 is 0 Å². The summed E-state index contributed by atoms with van der Waals surface area (Å²) in [5, 5.41) is 0. The third kappa shape index (κ3) is 1.91. The fourth-order valence-corrected chi connectivity index (χ4v) is 3.09. The van der Waals surface area contributed by atoms with E-state index in [0.29, 0.717) is 0 Å². The van der Waals surface area contributed by atoms with E-state index in [-0.39, 0.29) is 17.9 Å². The van der Waals surface area contributed by atoms with Crippen LogP contribution in [0.15, 0.2) is 30.3 Å². The average Bonchev–Trinajstić information content (AvgIpc) is 2.46. The number of rotatable bonds is 1. The van der Waals surface area contributed by atoms with Gasteiger partial charge in [0, 0.05) is 12.2 Å². The second-order valence-electron chi connectivity index (χ2n) is 5.26. The maximum atomic E-state index is 12.6. The molecule has 3 rings (SSSR count). The first-order valence-corrected chi connectivity index (χ1v) is 6.89. The van der Waals surface area contributed by atoms with Gasteiger partial charge in [-0.25, -0.2) is 0 Å². The zero-order valence-electron chi connectivity index (χ0n) is 11.1. The molecule has 2 atom stereocenters. The Kier molecular flexibility index (Phi) is 3.01. The van der Waals surface area contributed by atoms with Crippen LogP contribution >= 0.6 is 0 Å². The van der Waals surface area contributed by atoms with Gasteiger partial charge < -0.3 is 4.90 Å². The molecule has 0 N–H and O–H groups in total. The van der Waals surface area contributed by atoms with Gasteiger partial charge in [-0.3, -0.25) is 14.5 Å². The molecule has 2 heterocycles. The van der Waals surface area contributed by atoms with E-state index in [9.17, 15) is 9.59 Å². The number of piperidine rings is 1. The Morgan fingerprint density at radius 2 is 1.79 bits per heavy atom. The summed E-state index contributed by atoms with van der Waals surface area (Å²) in [6.45, 7) is 2.54. The quantitative estimate of drug-likeness (QED) is 0.770. The first-order chi connectivity index (χ1) is 9.20. The van der Waals surface area contributed by atoms with Gasteiger partial charge in [-0.1, -0.05) is 18.2 Å². The molecule has 0 radical (unpaired) electrons. The van der Waals surface area contributed by atoms with Crippen LogP contribution in [0.1, 0.15) is 26.2 Å². The zero-order chi connectivity index (χ0) is 13.4. The molecule has 2 amide bonds. The van der Waals surface area contributed by atoms with Crippen LogP contribution in [-0.2, 0) is 9.59 Å². The molecule has 2 unspecified atom stereocenters. The van der Waals surface area contributed by atoms with Crippen molar-refractivity contribution < 1.29 is 9.59 Å². The molecule has 0 saturated carbocycles. The van der Waals surface area contributed by atoms with Gasteiger partial charge in [0.25, 0.3) is 5.91 Å². The summed E-state index contributed by atoms with van der Waals surface area (Å²) in [5.74, 6) is 0.145. The van der Waals surface area contributed by atoms with Crippen LogP contribution in [0.4, 0.5) is 5.69 Å². The van der Waals surface area contributed by atoms with E-state index in [2.05, 4.69) is 0 Å². The standard InChI is InChI=1S/C15H18N2O2/c1-11-14(18)16-10-6-5-9-13(16)15(19)17(11)12-7-3-2-4-8-12/h2-4,7-8,11,13H,5-6,9-10H2,1H3. The Hall–Kier alpha value is -1.84. The second kappa shape index (κ2) is 4.68. The van der Waals surface area contributed by atoms with Crippen molar-refractivity contribution in [3.05, 3.63) is 30.3 Å². The first-order valence-electron chi connectivity index (χ1n) is 6.89. The van der Waals surface area contributed by atoms with Crippen molar-refractivity contribution in [1.82, 2.24) is 4.90 Å². The minimum absolute atomic E-state index is 0.0676. The summed E-state index contributed by atoms with van der Waals surface area (Å²) in [7, 11) is 0. The Morgan fingerprint density at radius 3 is 2.53 bits per heavy atom. The minimum Gasteiger partial charge on any atom is -0.329 e. The molecule has 0 spiro atoms. The van der Waals surface area contributed by atoms with E-state index in [0.717, 1.165) is 31.5 Å². The van der Waals surface area contributed by atoms with E-state index < -0.39 is 6.04 Å². The van der Waals surface area contributed by atoms with Crippen molar-refractivity contribution in [3.63, 3.8) is 0 Å². The highest BCUT2D eigenvalue weighted by Gasteiger charge is 2.45. The lowest BCUT2D eigenvalue weighted by Crippen LogP contribution is -2.65. The molecule has 2 saturated heterocycles. The van der Waals surface area contributed by atoms with Gasteiger partial charge in [0.2, 0.25) is 5.91 Å². The molecule has 4 nitrogen and oxygen atoms in total. The van der Waals surface area contributed by atoms with Crippen molar-refractivity contribution in [3.8, 4) is 0 Å². The predicted octanol–water partition coefficient (Wildman–Crippen LogP) is 1.80. The van der Waals surface area contributed by atoms with Gasteiger partial charge >= 0.3 is 0 Å². The molecule has 0 aliphatic carbocycles. The molecule has 0 aromatic heterocycles. The SMILES string of the molecule is CC1C(=O)N2CCCCC2C(=O)N1c1ccccc1. The van der Waals surface area contributed by atoms with Crippen molar-refractivity contribution in [2.75, 3.05) is 11.4 Å². The fraction of sp³-hybridized carbons (Fsp3) is 0.467. The van der Waals surface area contributed by atoms with Gasteiger partial charge in [0.05, 0.1) is 0 Å². The summed E-state index contributed by atoms with van der Waals surface area (Å²) >= 11 is 0. The number of hydrogen-bond donors (Lipinski definition) is 0. The van der Waals surface area contributed by atoms with E-state index in [1.54, 1.807) is 9.80 Å². The van der Waals surface area contributed by atoms with Crippen molar-refractivity contribution in [2.45, 2.75) is 38.3 Å². The van der Waals surface area contributed by atoms with Crippen LogP contribution in [0, 0.1) is 0 Å². The molecule has 4 heteroatoms. The molecule has 1 aromatic rings. The van der Waals surface area contributed by atoms with E-state index in [4.69, 9.17) is 0 Å². The summed E-state index contributed by atoms with van der Waals surface area (Å²) in [6.07, 6.45) is 2.82. The van der Waals surface area contributed by atoms with Gasteiger partial charge in [0.15, 0.2) is 0 Å². The number of amides is 2. The number of para-hydroxylation sites is 1. The highest BCUT2D eigenvalue weighted by atomic mass is 16.2. The van der Waals surface area contributed by atoms with Crippen LogP contribution in [0.25, 0.3) is 0 Å². The van der Waals surface area contributed by atoms with Crippen LogP contribution in [-0.4, -0.2) is 35.3 Å². The number of piperazine rings is 1. The molecule has 19 heavy (non-hydrogen) atoms. The number of anilines is 1. The number of carbonyl (C=O) groups is 2. The molecule has 0 bridgehead atoms. The number of carbonyl (C=O) groups excluding carboxylic acids is 2.